The fourth-order valence-corrected chi connectivity index (χ4v) is 4.97. The number of thiophene rings is 1. The number of benzene rings is 1. The maximum atomic E-state index is 4.61. The summed E-state index contributed by atoms with van der Waals surface area (Å²) in [6.45, 7) is 0.808. The second-order valence-electron chi connectivity index (χ2n) is 6.19. The molecule has 0 radical (unpaired) electrons. The van der Waals surface area contributed by atoms with Crippen LogP contribution in [-0.4, -0.2) is 14.5 Å². The monoisotopic (exact) mass is 341 g/mol. The normalized spacial score (nSPS) is 12.6. The highest BCUT2D eigenvalue weighted by molar-refractivity contribution is 7.25. The summed E-state index contributed by atoms with van der Waals surface area (Å²) < 4.78 is 4.75. The lowest BCUT2D eigenvalue weighted by Crippen LogP contribution is -2.31. The minimum atomic E-state index is 0.808. The number of aromatic nitrogens is 4. The van der Waals surface area contributed by atoms with Gasteiger partial charge < -0.3 is 0 Å². The average molecular weight is 341 g/mol. The van der Waals surface area contributed by atoms with Gasteiger partial charge in [-0.2, -0.15) is 4.57 Å². The quantitative estimate of drug-likeness (QED) is 0.424. The van der Waals surface area contributed by atoms with Crippen LogP contribution in [0.2, 0.25) is 0 Å². The topological polar surface area (TPSA) is 34.6 Å². The molecular formula is C20H13N4S+. The van der Waals surface area contributed by atoms with Gasteiger partial charge in [0.25, 0.3) is 5.82 Å². The van der Waals surface area contributed by atoms with E-state index < -0.39 is 0 Å². The smallest absolute Gasteiger partial charge is 0.256 e. The summed E-state index contributed by atoms with van der Waals surface area (Å²) in [5, 5.41) is 1.21. The SMILES string of the molecule is c1ccc(-n2c3[n+](c4c5cccnc5sc42)Cc2ncccc2-3)cc1. The first-order chi connectivity index (χ1) is 12.4. The fraction of sp³-hybridized carbons (Fsp3) is 0.0500. The van der Waals surface area contributed by atoms with Gasteiger partial charge in [-0.1, -0.05) is 29.5 Å². The van der Waals surface area contributed by atoms with Gasteiger partial charge in [-0.25, -0.2) is 9.55 Å². The Balaban J connectivity index is 1.83. The van der Waals surface area contributed by atoms with Crippen LogP contribution in [0, 0.1) is 0 Å². The Labute approximate surface area is 147 Å². The molecule has 0 atom stereocenters. The molecule has 0 saturated heterocycles. The van der Waals surface area contributed by atoms with Crippen molar-refractivity contribution in [2.45, 2.75) is 6.54 Å². The first-order valence-electron chi connectivity index (χ1n) is 8.23. The maximum Gasteiger partial charge on any atom is 0.298 e. The van der Waals surface area contributed by atoms with Crippen molar-refractivity contribution >= 4 is 31.9 Å². The highest BCUT2D eigenvalue weighted by atomic mass is 32.1. The van der Waals surface area contributed by atoms with E-state index in [0.29, 0.717) is 0 Å². The number of fused-ring (bicyclic) bond motifs is 7. The molecule has 118 valence electrons. The molecule has 5 heterocycles. The molecule has 0 aliphatic carbocycles. The highest BCUT2D eigenvalue weighted by Crippen LogP contribution is 2.39. The molecule has 0 N–H and O–H groups in total. The molecule has 0 spiro atoms. The fourth-order valence-electron chi connectivity index (χ4n) is 3.80. The minimum Gasteiger partial charge on any atom is -0.256 e. The molecule has 25 heavy (non-hydrogen) atoms. The van der Waals surface area contributed by atoms with Crippen molar-refractivity contribution in [3.05, 3.63) is 72.7 Å². The molecule has 1 aromatic carbocycles. The standard InChI is InChI=1S/C20H13N4S/c1-2-6-13(7-3-1)24-19-14-8-4-10-21-16(14)12-23(19)17-15-9-5-11-22-18(15)25-20(17)24/h1-11H,12H2/q+1. The van der Waals surface area contributed by atoms with Crippen molar-refractivity contribution < 1.29 is 4.57 Å². The number of hydrogen-bond acceptors (Lipinski definition) is 3. The van der Waals surface area contributed by atoms with E-state index in [0.717, 1.165) is 17.1 Å². The molecular weight excluding hydrogens is 328 g/mol. The van der Waals surface area contributed by atoms with Crippen LogP contribution in [0.5, 0.6) is 0 Å². The van der Waals surface area contributed by atoms with Gasteiger partial charge in [0.1, 0.15) is 17.1 Å². The van der Waals surface area contributed by atoms with E-state index in [4.69, 9.17) is 0 Å². The zero-order valence-electron chi connectivity index (χ0n) is 13.3. The second kappa shape index (κ2) is 4.74. The van der Waals surface area contributed by atoms with Gasteiger partial charge in [0.2, 0.25) is 4.83 Å². The third kappa shape index (κ3) is 1.68. The lowest BCUT2D eigenvalue weighted by Gasteiger charge is -2.00. The van der Waals surface area contributed by atoms with Gasteiger partial charge in [0, 0.05) is 12.4 Å². The number of pyridine rings is 2. The molecule has 0 bridgehead atoms. The van der Waals surface area contributed by atoms with Gasteiger partial charge in [-0.3, -0.25) is 4.98 Å². The molecule has 1 aliphatic rings. The van der Waals surface area contributed by atoms with Crippen LogP contribution in [0.25, 0.3) is 37.6 Å². The van der Waals surface area contributed by atoms with Crippen molar-refractivity contribution in [2.75, 3.05) is 0 Å². The van der Waals surface area contributed by atoms with Crippen LogP contribution < -0.4 is 4.57 Å². The largest absolute Gasteiger partial charge is 0.298 e. The third-order valence-corrected chi connectivity index (χ3v) is 5.90. The lowest BCUT2D eigenvalue weighted by molar-refractivity contribution is -0.645. The highest BCUT2D eigenvalue weighted by Gasteiger charge is 2.37. The molecule has 4 aromatic heterocycles. The summed E-state index contributed by atoms with van der Waals surface area (Å²) in [6.07, 6.45) is 3.74. The third-order valence-electron chi connectivity index (χ3n) is 4.82. The van der Waals surface area contributed by atoms with Crippen LogP contribution in [0.1, 0.15) is 5.69 Å². The summed E-state index contributed by atoms with van der Waals surface area (Å²) in [6, 6.07) is 18.9. The van der Waals surface area contributed by atoms with Gasteiger partial charge in [0.15, 0.2) is 5.52 Å². The minimum absolute atomic E-state index is 0.808. The van der Waals surface area contributed by atoms with Gasteiger partial charge in [0.05, 0.1) is 16.6 Å². The molecule has 0 amide bonds. The Morgan fingerprint density at radius 1 is 0.920 bits per heavy atom. The molecule has 5 heteroatoms. The number of hydrogen-bond donors (Lipinski definition) is 0. The van der Waals surface area contributed by atoms with E-state index in [-0.39, 0.29) is 0 Å². The van der Waals surface area contributed by atoms with Crippen LogP contribution in [-0.2, 0) is 6.54 Å². The van der Waals surface area contributed by atoms with Crippen LogP contribution in [0.3, 0.4) is 0 Å². The van der Waals surface area contributed by atoms with Crippen LogP contribution in [0.4, 0.5) is 0 Å². The van der Waals surface area contributed by atoms with Gasteiger partial charge in [-0.05, 0) is 36.4 Å². The first kappa shape index (κ1) is 13.3. The predicted octanol–water partition coefficient (Wildman–Crippen LogP) is 3.95. The van der Waals surface area contributed by atoms with Crippen molar-refractivity contribution in [2.24, 2.45) is 0 Å². The Morgan fingerprint density at radius 2 is 1.76 bits per heavy atom. The average Bonchev–Trinajstić information content (AvgIpc) is 3.29. The summed E-state index contributed by atoms with van der Waals surface area (Å²) in [7, 11) is 0. The van der Waals surface area contributed by atoms with Crippen LogP contribution >= 0.6 is 11.3 Å². The van der Waals surface area contributed by atoms with E-state index in [2.05, 4.69) is 61.6 Å². The summed E-state index contributed by atoms with van der Waals surface area (Å²) >= 11 is 1.75. The zero-order valence-corrected chi connectivity index (χ0v) is 14.1. The molecule has 1 aliphatic heterocycles. The molecule has 0 fully saturated rings. The Morgan fingerprint density at radius 3 is 2.68 bits per heavy atom. The van der Waals surface area contributed by atoms with E-state index in [1.165, 1.54) is 32.8 Å². The van der Waals surface area contributed by atoms with E-state index in [9.17, 15) is 0 Å². The van der Waals surface area contributed by atoms with Gasteiger partial charge in [-0.15, -0.1) is 0 Å². The molecule has 0 unspecified atom stereocenters. The summed E-state index contributed by atoms with van der Waals surface area (Å²) in [5.74, 6) is 1.21. The van der Waals surface area contributed by atoms with Crippen molar-refractivity contribution in [3.63, 3.8) is 0 Å². The van der Waals surface area contributed by atoms with E-state index in [1.54, 1.807) is 11.3 Å². The van der Waals surface area contributed by atoms with Crippen molar-refractivity contribution in [3.8, 4) is 17.1 Å². The van der Waals surface area contributed by atoms with Gasteiger partial charge >= 0.3 is 0 Å². The summed E-state index contributed by atoms with van der Waals surface area (Å²) in [4.78, 5) is 11.5. The molecule has 6 rings (SSSR count). The van der Waals surface area contributed by atoms with Crippen molar-refractivity contribution in [1.82, 2.24) is 14.5 Å². The lowest BCUT2D eigenvalue weighted by atomic mass is 10.2. The predicted molar refractivity (Wildman–Crippen MR) is 99.0 cm³/mol. The second-order valence-corrected chi connectivity index (χ2v) is 7.17. The number of nitrogens with zero attached hydrogens (tertiary/aromatic N) is 4. The van der Waals surface area contributed by atoms with E-state index in [1.807, 2.05) is 24.5 Å². The molecule has 5 aromatic rings. The number of imidazole rings is 1. The van der Waals surface area contributed by atoms with Crippen LogP contribution in [0.15, 0.2) is 67.0 Å². The van der Waals surface area contributed by atoms with E-state index >= 15 is 0 Å². The Kier molecular flexibility index (Phi) is 2.51. The number of para-hydroxylation sites is 1. The Hall–Kier alpha value is -3.05. The first-order valence-corrected chi connectivity index (χ1v) is 9.05. The Bertz CT molecular complexity index is 1270. The zero-order chi connectivity index (χ0) is 16.4. The summed E-state index contributed by atoms with van der Waals surface area (Å²) in [5.41, 5.74) is 4.77. The molecule has 0 saturated carbocycles. The van der Waals surface area contributed by atoms with Crippen molar-refractivity contribution in [1.29, 1.82) is 0 Å². The molecule has 4 nitrogen and oxygen atoms in total. The maximum absolute atomic E-state index is 4.61. The number of rotatable bonds is 1.